The first kappa shape index (κ1) is 44.6. The Morgan fingerprint density at radius 3 is 1.66 bits per heavy atom. The minimum atomic E-state index is -1.38. The van der Waals surface area contributed by atoms with Crippen molar-refractivity contribution in [2.24, 2.45) is 0 Å². The maximum atomic E-state index is 12.6. The summed E-state index contributed by atoms with van der Waals surface area (Å²) in [5.74, 6) is -2.32. The quantitative estimate of drug-likeness (QED) is 0.0307. The van der Waals surface area contributed by atoms with Gasteiger partial charge in [-0.05, 0) is 44.6 Å². The normalized spacial score (nSPS) is 12.6. The number of carbonyl (C=O) groups excluding carboxylic acids is 3. The van der Waals surface area contributed by atoms with Gasteiger partial charge in [0.25, 0.3) is 0 Å². The van der Waals surface area contributed by atoms with E-state index in [4.69, 9.17) is 14.9 Å². The number of ether oxygens (including phenoxy) is 1. The Kier molecular flexibility index (Phi) is 31.8. The summed E-state index contributed by atoms with van der Waals surface area (Å²) < 4.78 is 5.90. The second-order valence-corrected chi connectivity index (χ2v) is 13.0. The zero-order valence-electron chi connectivity index (χ0n) is 30.0. The first-order valence-electron chi connectivity index (χ1n) is 19.1. The number of unbranched alkanes of at least 4 members (excludes halogenated alkanes) is 20. The van der Waals surface area contributed by atoms with Crippen molar-refractivity contribution < 1.29 is 34.1 Å². The molecule has 9 heteroatoms. The van der Waals surface area contributed by atoms with Gasteiger partial charge >= 0.3 is 11.9 Å². The maximum Gasteiger partial charge on any atom is 0.328 e. The van der Waals surface area contributed by atoms with E-state index in [1.54, 1.807) is 0 Å². The fourth-order valence-corrected chi connectivity index (χ4v) is 5.51. The average molecular weight is 667 g/mol. The number of rotatable bonds is 34. The third-order valence-corrected chi connectivity index (χ3v) is 8.50. The number of allylic oxidation sites excluding steroid dienone is 1. The SMILES string of the molecule is CCCCCCCCC/C=C\C(CCCCCCCCC(=O)NCC(=O)NC(CO)C(=O)O)OC(=O)CCCCCCCCCCC. The number of carboxylic acid groups (broad SMARTS) is 1. The number of carboxylic acids is 1. The van der Waals surface area contributed by atoms with E-state index in [1.807, 2.05) is 0 Å². The summed E-state index contributed by atoms with van der Waals surface area (Å²) in [6.07, 6.45) is 32.5. The number of carbonyl (C=O) groups is 4. The molecule has 0 aromatic carbocycles. The van der Waals surface area contributed by atoms with E-state index in [0.29, 0.717) is 19.3 Å². The highest BCUT2D eigenvalue weighted by atomic mass is 16.5. The first-order chi connectivity index (χ1) is 22.8. The van der Waals surface area contributed by atoms with Gasteiger partial charge < -0.3 is 25.6 Å². The van der Waals surface area contributed by atoms with E-state index in [9.17, 15) is 19.2 Å². The molecule has 0 spiro atoms. The number of hydrogen-bond acceptors (Lipinski definition) is 6. The Hall–Kier alpha value is -2.42. The van der Waals surface area contributed by atoms with Crippen molar-refractivity contribution in [3.05, 3.63) is 12.2 Å². The van der Waals surface area contributed by atoms with Crippen molar-refractivity contribution in [2.45, 2.75) is 193 Å². The third-order valence-electron chi connectivity index (χ3n) is 8.50. The van der Waals surface area contributed by atoms with Gasteiger partial charge in [-0.15, -0.1) is 0 Å². The van der Waals surface area contributed by atoms with Crippen LogP contribution < -0.4 is 10.6 Å². The Morgan fingerprint density at radius 1 is 0.638 bits per heavy atom. The average Bonchev–Trinajstić information content (AvgIpc) is 3.05. The molecule has 0 aromatic rings. The van der Waals surface area contributed by atoms with Crippen LogP contribution >= 0.6 is 0 Å². The monoisotopic (exact) mass is 667 g/mol. The van der Waals surface area contributed by atoms with Gasteiger partial charge in [-0.3, -0.25) is 14.4 Å². The van der Waals surface area contributed by atoms with Gasteiger partial charge in [0.2, 0.25) is 11.8 Å². The Labute approximate surface area is 286 Å². The molecule has 0 saturated heterocycles. The number of aliphatic carboxylic acids is 1. The molecular formula is C38H70N2O7. The number of esters is 1. The lowest BCUT2D eigenvalue weighted by Gasteiger charge is -2.15. The number of nitrogens with one attached hydrogen (secondary N) is 2. The van der Waals surface area contributed by atoms with Gasteiger partial charge in [0.1, 0.15) is 12.1 Å². The summed E-state index contributed by atoms with van der Waals surface area (Å²) in [4.78, 5) is 47.2. The van der Waals surface area contributed by atoms with Gasteiger partial charge in [0.05, 0.1) is 13.2 Å². The fourth-order valence-electron chi connectivity index (χ4n) is 5.51. The molecule has 274 valence electrons. The molecule has 2 atom stereocenters. The van der Waals surface area contributed by atoms with Crippen LogP contribution in [0.5, 0.6) is 0 Å². The van der Waals surface area contributed by atoms with E-state index >= 15 is 0 Å². The number of aliphatic hydroxyl groups excluding tert-OH is 1. The molecule has 0 rings (SSSR count). The molecule has 47 heavy (non-hydrogen) atoms. The van der Waals surface area contributed by atoms with Crippen molar-refractivity contribution >= 4 is 23.8 Å². The van der Waals surface area contributed by atoms with Crippen molar-refractivity contribution in [2.75, 3.05) is 13.2 Å². The van der Waals surface area contributed by atoms with Crippen molar-refractivity contribution in [1.82, 2.24) is 10.6 Å². The highest BCUT2D eigenvalue weighted by Crippen LogP contribution is 2.16. The molecule has 0 aromatic heterocycles. The van der Waals surface area contributed by atoms with Gasteiger partial charge in [-0.25, -0.2) is 4.79 Å². The molecular weight excluding hydrogens is 596 g/mol. The van der Waals surface area contributed by atoms with E-state index in [-0.39, 0.29) is 24.5 Å². The third kappa shape index (κ3) is 30.7. The van der Waals surface area contributed by atoms with E-state index in [0.717, 1.165) is 57.8 Å². The molecule has 0 aliphatic rings. The molecule has 4 N–H and O–H groups in total. The van der Waals surface area contributed by atoms with E-state index in [2.05, 4.69) is 36.6 Å². The van der Waals surface area contributed by atoms with E-state index in [1.165, 1.54) is 89.9 Å². The predicted octanol–water partition coefficient (Wildman–Crippen LogP) is 8.31. The van der Waals surface area contributed by atoms with Crippen molar-refractivity contribution in [3.8, 4) is 0 Å². The van der Waals surface area contributed by atoms with Crippen LogP contribution in [0.15, 0.2) is 12.2 Å². The first-order valence-corrected chi connectivity index (χ1v) is 19.1. The molecule has 0 bridgehead atoms. The van der Waals surface area contributed by atoms with Crippen LogP contribution in [0.25, 0.3) is 0 Å². The minimum absolute atomic E-state index is 0.0793. The van der Waals surface area contributed by atoms with Crippen LogP contribution in [0.1, 0.15) is 181 Å². The summed E-state index contributed by atoms with van der Waals surface area (Å²) in [6.45, 7) is 3.45. The molecule has 0 fully saturated rings. The van der Waals surface area contributed by atoms with Crippen molar-refractivity contribution in [3.63, 3.8) is 0 Å². The zero-order chi connectivity index (χ0) is 34.8. The molecule has 0 aliphatic heterocycles. The molecule has 0 heterocycles. The maximum absolute atomic E-state index is 12.6. The molecule has 9 nitrogen and oxygen atoms in total. The van der Waals surface area contributed by atoms with Gasteiger partial charge in [0, 0.05) is 12.8 Å². The topological polar surface area (TPSA) is 142 Å². The van der Waals surface area contributed by atoms with Crippen LogP contribution in [0.4, 0.5) is 0 Å². The largest absolute Gasteiger partial charge is 0.480 e. The standard InChI is InChI=1S/C38H70N2O7/c1-3-5-7-9-11-13-15-19-23-27-33(47-37(44)30-26-22-16-14-12-10-8-6-4-2)28-24-20-17-18-21-25-29-35(42)39-31-36(43)40-34(32-41)38(45)46/h23,27,33-34,41H,3-22,24-26,28-32H2,1-2H3,(H,39,42)(H,40,43)(H,45,46)/b27-23-. The molecule has 0 radical (unpaired) electrons. The highest BCUT2D eigenvalue weighted by molar-refractivity contribution is 5.87. The summed E-state index contributed by atoms with van der Waals surface area (Å²) in [5.41, 5.74) is 0. The lowest BCUT2D eigenvalue weighted by atomic mass is 10.0. The Balaban J connectivity index is 4.27. The molecule has 0 saturated carbocycles. The number of hydrogen-bond donors (Lipinski definition) is 4. The summed E-state index contributed by atoms with van der Waals surface area (Å²) in [5, 5.41) is 22.4. The second-order valence-electron chi connectivity index (χ2n) is 13.0. The van der Waals surface area contributed by atoms with Crippen LogP contribution in [0, 0.1) is 0 Å². The van der Waals surface area contributed by atoms with Gasteiger partial charge in [-0.1, -0.05) is 135 Å². The number of amides is 2. The lowest BCUT2D eigenvalue weighted by Crippen LogP contribution is -2.47. The highest BCUT2D eigenvalue weighted by Gasteiger charge is 2.18. The van der Waals surface area contributed by atoms with E-state index < -0.39 is 24.5 Å². The van der Waals surface area contributed by atoms with Crippen LogP contribution in [-0.2, 0) is 23.9 Å². The van der Waals surface area contributed by atoms with Crippen LogP contribution in [0.3, 0.4) is 0 Å². The predicted molar refractivity (Wildman–Crippen MR) is 190 cm³/mol. The fraction of sp³-hybridized carbons (Fsp3) is 0.842. The summed E-state index contributed by atoms with van der Waals surface area (Å²) in [6, 6.07) is -1.38. The summed E-state index contributed by atoms with van der Waals surface area (Å²) >= 11 is 0. The molecule has 2 unspecified atom stereocenters. The zero-order valence-corrected chi connectivity index (χ0v) is 30.0. The number of aliphatic hydroxyl groups is 1. The second kappa shape index (κ2) is 33.5. The Bertz CT molecular complexity index is 818. The molecule has 0 aliphatic carbocycles. The van der Waals surface area contributed by atoms with Crippen LogP contribution in [0.2, 0.25) is 0 Å². The van der Waals surface area contributed by atoms with Gasteiger partial charge in [0.15, 0.2) is 0 Å². The van der Waals surface area contributed by atoms with Crippen LogP contribution in [-0.4, -0.2) is 59.3 Å². The smallest absolute Gasteiger partial charge is 0.328 e. The van der Waals surface area contributed by atoms with Crippen molar-refractivity contribution in [1.29, 1.82) is 0 Å². The Morgan fingerprint density at radius 2 is 1.13 bits per heavy atom. The van der Waals surface area contributed by atoms with Gasteiger partial charge in [-0.2, -0.15) is 0 Å². The lowest BCUT2D eigenvalue weighted by molar-refractivity contribution is -0.147. The summed E-state index contributed by atoms with van der Waals surface area (Å²) in [7, 11) is 0. The molecule has 2 amide bonds. The minimum Gasteiger partial charge on any atom is -0.480 e.